The molecule has 0 saturated carbocycles. The summed E-state index contributed by atoms with van der Waals surface area (Å²) in [6, 6.07) is 4.23. The van der Waals surface area contributed by atoms with Crippen molar-refractivity contribution in [2.45, 2.75) is 17.9 Å². The summed E-state index contributed by atoms with van der Waals surface area (Å²) >= 11 is 12.2. The number of benzene rings is 2. The van der Waals surface area contributed by atoms with Gasteiger partial charge in [-0.05, 0) is 37.3 Å². The van der Waals surface area contributed by atoms with Crippen molar-refractivity contribution in [3.05, 3.63) is 63.1 Å². The number of sulfonamides is 1. The van der Waals surface area contributed by atoms with Crippen LogP contribution in [0.3, 0.4) is 0 Å². The highest BCUT2D eigenvalue weighted by Gasteiger charge is 2.30. The Labute approximate surface area is 182 Å². The lowest BCUT2D eigenvalue weighted by atomic mass is 10.1. The maximum absolute atomic E-state index is 14.0. The minimum Gasteiger partial charge on any atom is -0.379 e. The number of hydrogen-bond donors (Lipinski definition) is 1. The summed E-state index contributed by atoms with van der Waals surface area (Å²) in [5.41, 5.74) is -0.217. The molecule has 0 bridgehead atoms. The molecule has 11 heteroatoms. The molecular weight excluding hydrogens is 461 g/mol. The fourth-order valence-electron chi connectivity index (χ4n) is 3.03. The predicted octanol–water partition coefficient (Wildman–Crippen LogP) is 3.78. The molecule has 3 rings (SSSR count). The van der Waals surface area contributed by atoms with Gasteiger partial charge in [-0.2, -0.15) is 4.31 Å². The minimum absolute atomic E-state index is 0.0606. The van der Waals surface area contributed by atoms with Gasteiger partial charge in [0.05, 0.1) is 34.9 Å². The van der Waals surface area contributed by atoms with E-state index in [-0.39, 0.29) is 52.4 Å². The molecule has 1 aliphatic heterocycles. The molecule has 1 heterocycles. The second kappa shape index (κ2) is 9.15. The van der Waals surface area contributed by atoms with Crippen molar-refractivity contribution in [1.82, 2.24) is 9.62 Å². The first-order valence-corrected chi connectivity index (χ1v) is 11.1. The van der Waals surface area contributed by atoms with Crippen molar-refractivity contribution in [3.8, 4) is 0 Å². The number of morpholine rings is 1. The number of ether oxygens (including phenoxy) is 1. The van der Waals surface area contributed by atoms with E-state index in [1.165, 1.54) is 17.3 Å². The lowest BCUT2D eigenvalue weighted by Crippen LogP contribution is -2.40. The van der Waals surface area contributed by atoms with E-state index < -0.39 is 33.6 Å². The maximum Gasteiger partial charge on any atom is 0.253 e. The zero-order valence-corrected chi connectivity index (χ0v) is 18.1. The average Bonchev–Trinajstić information content (AvgIpc) is 2.70. The summed E-state index contributed by atoms with van der Waals surface area (Å²) < 4.78 is 59.7. The van der Waals surface area contributed by atoms with Gasteiger partial charge in [0, 0.05) is 18.7 Å². The second-order valence-corrected chi connectivity index (χ2v) is 9.36. The van der Waals surface area contributed by atoms with Gasteiger partial charge in [0.1, 0.15) is 16.5 Å². The van der Waals surface area contributed by atoms with Crippen LogP contribution >= 0.6 is 23.2 Å². The van der Waals surface area contributed by atoms with E-state index in [2.05, 4.69) is 5.32 Å². The van der Waals surface area contributed by atoms with Crippen LogP contribution in [0.1, 0.15) is 28.9 Å². The summed E-state index contributed by atoms with van der Waals surface area (Å²) in [5, 5.41) is 2.29. The SMILES string of the molecule is CC(NC(=O)c1cc(S(=O)(=O)N2CCOCC2)c(Cl)cc1Cl)c1cc(F)ccc1F. The summed E-state index contributed by atoms with van der Waals surface area (Å²) in [6.45, 7) is 2.26. The van der Waals surface area contributed by atoms with Crippen molar-refractivity contribution in [1.29, 1.82) is 0 Å². The van der Waals surface area contributed by atoms with Crippen LogP contribution in [0.25, 0.3) is 0 Å². The Morgan fingerprint density at radius 2 is 1.80 bits per heavy atom. The molecule has 2 aromatic carbocycles. The molecule has 6 nitrogen and oxygen atoms in total. The lowest BCUT2D eigenvalue weighted by Gasteiger charge is -2.26. The number of nitrogens with one attached hydrogen (secondary N) is 1. The normalized spacial score (nSPS) is 16.3. The van der Waals surface area contributed by atoms with Crippen LogP contribution in [0.5, 0.6) is 0 Å². The summed E-state index contributed by atoms with van der Waals surface area (Å²) in [5.74, 6) is -2.11. The van der Waals surface area contributed by atoms with Crippen LogP contribution < -0.4 is 5.32 Å². The monoisotopic (exact) mass is 478 g/mol. The first-order valence-electron chi connectivity index (χ1n) is 8.94. The van der Waals surface area contributed by atoms with Gasteiger partial charge >= 0.3 is 0 Å². The highest BCUT2D eigenvalue weighted by molar-refractivity contribution is 7.89. The predicted molar refractivity (Wildman–Crippen MR) is 108 cm³/mol. The van der Waals surface area contributed by atoms with Crippen LogP contribution in [-0.4, -0.2) is 44.9 Å². The summed E-state index contributed by atoms with van der Waals surface area (Å²) in [6.07, 6.45) is 0. The number of amides is 1. The van der Waals surface area contributed by atoms with Crippen LogP contribution in [-0.2, 0) is 14.8 Å². The Balaban J connectivity index is 1.91. The zero-order chi connectivity index (χ0) is 22.1. The molecule has 1 aliphatic rings. The fraction of sp³-hybridized carbons (Fsp3) is 0.316. The average molecular weight is 479 g/mol. The number of rotatable bonds is 5. The molecule has 0 aromatic heterocycles. The summed E-state index contributed by atoms with van der Waals surface area (Å²) in [7, 11) is -3.99. The fourth-order valence-corrected chi connectivity index (χ4v) is 5.27. The Bertz CT molecular complexity index is 1080. The number of halogens is 4. The van der Waals surface area contributed by atoms with E-state index in [1.807, 2.05) is 0 Å². The number of carbonyl (C=O) groups is 1. The lowest BCUT2D eigenvalue weighted by molar-refractivity contribution is 0.0730. The molecule has 162 valence electrons. The molecule has 0 radical (unpaired) electrons. The van der Waals surface area contributed by atoms with Crippen molar-refractivity contribution in [3.63, 3.8) is 0 Å². The standard InChI is InChI=1S/C19H18Cl2F2N2O4S/c1-11(13-8-12(22)2-3-17(13)23)24-19(26)14-9-18(16(21)10-15(14)20)30(27,28)25-4-6-29-7-5-25/h2-3,8-11H,4-7H2,1H3,(H,24,26). The highest BCUT2D eigenvalue weighted by atomic mass is 35.5. The van der Waals surface area contributed by atoms with Gasteiger partial charge in [-0.25, -0.2) is 17.2 Å². The quantitative estimate of drug-likeness (QED) is 0.709. The first-order chi connectivity index (χ1) is 14.1. The maximum atomic E-state index is 14.0. The Hall–Kier alpha value is -1.78. The van der Waals surface area contributed by atoms with Crippen LogP contribution in [0, 0.1) is 11.6 Å². The molecule has 1 amide bonds. The Morgan fingerprint density at radius 3 is 2.47 bits per heavy atom. The largest absolute Gasteiger partial charge is 0.379 e. The van der Waals surface area contributed by atoms with Gasteiger partial charge in [0.25, 0.3) is 5.91 Å². The highest BCUT2D eigenvalue weighted by Crippen LogP contribution is 2.31. The van der Waals surface area contributed by atoms with E-state index >= 15 is 0 Å². The first kappa shape index (κ1) is 22.9. The van der Waals surface area contributed by atoms with Gasteiger partial charge in [0.15, 0.2) is 0 Å². The molecule has 0 spiro atoms. The van der Waals surface area contributed by atoms with Crippen LogP contribution in [0.4, 0.5) is 8.78 Å². The third-order valence-corrected chi connectivity index (χ3v) is 7.30. The van der Waals surface area contributed by atoms with E-state index in [1.54, 1.807) is 0 Å². The summed E-state index contributed by atoms with van der Waals surface area (Å²) in [4.78, 5) is 12.5. The number of carbonyl (C=O) groups excluding carboxylic acids is 1. The van der Waals surface area contributed by atoms with Crippen molar-refractivity contribution in [2.24, 2.45) is 0 Å². The third-order valence-electron chi connectivity index (χ3n) is 4.63. The molecule has 1 unspecified atom stereocenters. The topological polar surface area (TPSA) is 75.7 Å². The van der Waals surface area contributed by atoms with E-state index in [0.29, 0.717) is 0 Å². The Kier molecular flexibility index (Phi) is 6.98. The molecule has 1 N–H and O–H groups in total. The van der Waals surface area contributed by atoms with Gasteiger partial charge in [-0.1, -0.05) is 23.2 Å². The molecule has 30 heavy (non-hydrogen) atoms. The van der Waals surface area contributed by atoms with Crippen LogP contribution in [0.2, 0.25) is 10.0 Å². The third kappa shape index (κ3) is 4.76. The van der Waals surface area contributed by atoms with Gasteiger partial charge < -0.3 is 10.1 Å². The second-order valence-electron chi connectivity index (χ2n) is 6.64. The van der Waals surface area contributed by atoms with E-state index in [0.717, 1.165) is 24.3 Å². The van der Waals surface area contributed by atoms with Gasteiger partial charge in [-0.15, -0.1) is 0 Å². The van der Waals surface area contributed by atoms with Crippen molar-refractivity contribution < 1.29 is 26.7 Å². The van der Waals surface area contributed by atoms with Crippen molar-refractivity contribution >= 4 is 39.1 Å². The van der Waals surface area contributed by atoms with Crippen LogP contribution in [0.15, 0.2) is 35.2 Å². The van der Waals surface area contributed by atoms with Crippen molar-refractivity contribution in [2.75, 3.05) is 26.3 Å². The molecule has 1 atom stereocenters. The number of nitrogens with zero attached hydrogens (tertiary/aromatic N) is 1. The van der Waals surface area contributed by atoms with E-state index in [4.69, 9.17) is 27.9 Å². The molecule has 0 aliphatic carbocycles. The zero-order valence-electron chi connectivity index (χ0n) is 15.8. The smallest absolute Gasteiger partial charge is 0.253 e. The molecule has 1 saturated heterocycles. The molecule has 1 fully saturated rings. The molecule has 2 aromatic rings. The van der Waals surface area contributed by atoms with Gasteiger partial charge in [0.2, 0.25) is 10.0 Å². The minimum atomic E-state index is -3.99. The molecular formula is C19H18Cl2F2N2O4S. The van der Waals surface area contributed by atoms with Gasteiger partial charge in [-0.3, -0.25) is 4.79 Å². The number of hydrogen-bond acceptors (Lipinski definition) is 4. The van der Waals surface area contributed by atoms with E-state index in [9.17, 15) is 22.0 Å². The Morgan fingerprint density at radius 1 is 1.13 bits per heavy atom.